The van der Waals surface area contributed by atoms with Gasteiger partial charge in [-0.15, -0.1) is 0 Å². The first kappa shape index (κ1) is 36.7. The van der Waals surface area contributed by atoms with Gasteiger partial charge in [-0.05, 0) is 51.8 Å². The Morgan fingerprint density at radius 1 is 1.02 bits per heavy atom. The van der Waals surface area contributed by atoms with Gasteiger partial charge in [0.1, 0.15) is 17.8 Å². The molecule has 4 heterocycles. The zero-order valence-corrected chi connectivity index (χ0v) is 29.5. The summed E-state index contributed by atoms with van der Waals surface area (Å²) in [6, 6.07) is -0.406. The Morgan fingerprint density at radius 2 is 1.67 bits per heavy atom. The number of fused-ring (bicyclic) bond motifs is 9. The van der Waals surface area contributed by atoms with Crippen LogP contribution in [0.5, 0.6) is 28.7 Å². The minimum atomic E-state index is -5.20. The highest BCUT2D eigenvalue weighted by Crippen LogP contribution is 2.58. The largest absolute Gasteiger partial charge is 0.493 e. The summed E-state index contributed by atoms with van der Waals surface area (Å²) in [6.45, 7) is 6.78. The van der Waals surface area contributed by atoms with Gasteiger partial charge in [-0.25, -0.2) is 0 Å². The molecule has 17 heteroatoms. The fourth-order valence-electron chi connectivity index (χ4n) is 8.23. The van der Waals surface area contributed by atoms with Crippen LogP contribution in [-0.2, 0) is 32.0 Å². The number of rotatable bonds is 7. The van der Waals surface area contributed by atoms with Crippen LogP contribution >= 0.6 is 0 Å². The lowest BCUT2D eigenvalue weighted by Gasteiger charge is -2.60. The average molecular weight is 730 g/mol. The summed E-state index contributed by atoms with van der Waals surface area (Å²) in [7, 11) is 3.35. The van der Waals surface area contributed by atoms with Crippen molar-refractivity contribution in [3.8, 4) is 34.8 Å². The molecule has 14 nitrogen and oxygen atoms in total. The summed E-state index contributed by atoms with van der Waals surface area (Å²) in [6.07, 6.45) is -4.64. The van der Waals surface area contributed by atoms with Crippen LogP contribution in [0.3, 0.4) is 0 Å². The maximum atomic E-state index is 13.3. The molecule has 2 N–H and O–H groups in total. The highest BCUT2D eigenvalue weighted by atomic mass is 19.4. The maximum Gasteiger partial charge on any atom is 0.471 e. The van der Waals surface area contributed by atoms with Gasteiger partial charge in [0.05, 0.1) is 25.3 Å². The molecular formula is C35H38F3N5O9. The number of esters is 2. The number of nitriles is 1. The number of halogens is 3. The van der Waals surface area contributed by atoms with Crippen molar-refractivity contribution in [3.05, 3.63) is 39.4 Å². The first-order valence-electron chi connectivity index (χ1n) is 16.6. The molecule has 1 fully saturated rings. The molecular weight excluding hydrogens is 691 g/mol. The number of aryl methyl sites for hydroxylation is 1. The van der Waals surface area contributed by atoms with E-state index in [0.717, 1.165) is 18.1 Å². The molecule has 4 aliphatic heterocycles. The predicted molar refractivity (Wildman–Crippen MR) is 174 cm³/mol. The zero-order chi connectivity index (χ0) is 38.0. The Labute approximate surface area is 297 Å². The Bertz CT molecular complexity index is 1910. The van der Waals surface area contributed by atoms with Gasteiger partial charge in [0, 0.05) is 54.7 Å². The quantitative estimate of drug-likeness (QED) is 0.316. The molecule has 4 aliphatic rings. The van der Waals surface area contributed by atoms with Crippen molar-refractivity contribution in [1.82, 2.24) is 20.4 Å². The van der Waals surface area contributed by atoms with Gasteiger partial charge >= 0.3 is 24.0 Å². The summed E-state index contributed by atoms with van der Waals surface area (Å²) < 4.78 is 68.2. The number of ether oxygens (including phenoxy) is 5. The van der Waals surface area contributed by atoms with Crippen molar-refractivity contribution in [2.24, 2.45) is 0 Å². The van der Waals surface area contributed by atoms with Crippen molar-refractivity contribution >= 4 is 23.8 Å². The zero-order valence-electron chi connectivity index (χ0n) is 29.5. The van der Waals surface area contributed by atoms with E-state index in [0.29, 0.717) is 45.9 Å². The lowest BCUT2D eigenvalue weighted by Crippen LogP contribution is -2.69. The van der Waals surface area contributed by atoms with Crippen LogP contribution in [0.2, 0.25) is 0 Å². The smallest absolute Gasteiger partial charge is 0.471 e. The number of piperazine rings is 1. The van der Waals surface area contributed by atoms with Crippen molar-refractivity contribution in [2.45, 2.75) is 89.9 Å². The van der Waals surface area contributed by atoms with Crippen LogP contribution < -0.4 is 34.3 Å². The third-order valence-electron chi connectivity index (χ3n) is 10.2. The number of methoxy groups -OCH3 is 1. The summed E-state index contributed by atoms with van der Waals surface area (Å²) in [5, 5.41) is 15.2. The van der Waals surface area contributed by atoms with Crippen molar-refractivity contribution < 1.29 is 56.0 Å². The van der Waals surface area contributed by atoms with E-state index in [9.17, 15) is 37.6 Å². The standard InChI is InChI=1S/C35H38F3N5O9/c1-14-8-19-9-21-23(11-39)43-22(27(42(21)6)25(19)32(28(14)48-7)52-18(5)45)10-20-26(31-30(49-13-50-31)15(2)29(20)51-17(4)44)24(43)12-40-33(46)16(3)41-34(47)35(36,37)38/h8,16,21-24,27H,9-10,12-13H2,1-7H3,(H,40,46)(H,41,47)/t16-,21+,22?,23+,24+,27+/m1/s1. The molecule has 6 atom stereocenters. The number of nitrogens with one attached hydrogen (secondary N) is 2. The van der Waals surface area contributed by atoms with Gasteiger partial charge in [0.2, 0.25) is 12.7 Å². The third-order valence-corrected chi connectivity index (χ3v) is 10.2. The lowest BCUT2D eigenvalue weighted by molar-refractivity contribution is -0.174. The van der Waals surface area contributed by atoms with E-state index in [1.54, 1.807) is 12.2 Å². The molecule has 2 bridgehead atoms. The molecule has 2 aromatic carbocycles. The minimum Gasteiger partial charge on any atom is -0.493 e. The van der Waals surface area contributed by atoms with E-state index in [4.69, 9.17) is 23.7 Å². The number of benzene rings is 2. The van der Waals surface area contributed by atoms with Crippen LogP contribution in [-0.4, -0.2) is 91.4 Å². The van der Waals surface area contributed by atoms with Crippen molar-refractivity contribution in [1.29, 1.82) is 5.26 Å². The Balaban J connectivity index is 1.55. The molecule has 52 heavy (non-hydrogen) atoms. The fraction of sp³-hybridized carbons (Fsp3) is 0.514. The number of carbonyl (C=O) groups excluding carboxylic acids is 4. The number of alkyl halides is 3. The first-order valence-corrected chi connectivity index (χ1v) is 16.6. The fourth-order valence-corrected chi connectivity index (χ4v) is 8.23. The van der Waals surface area contributed by atoms with Crippen molar-refractivity contribution in [3.63, 3.8) is 0 Å². The van der Waals surface area contributed by atoms with Gasteiger partial charge in [-0.1, -0.05) is 6.07 Å². The molecule has 278 valence electrons. The summed E-state index contributed by atoms with van der Waals surface area (Å²) in [4.78, 5) is 53.9. The summed E-state index contributed by atoms with van der Waals surface area (Å²) in [5.41, 5.74) is 3.76. The Morgan fingerprint density at radius 3 is 2.29 bits per heavy atom. The molecule has 0 saturated carbocycles. The second-order valence-electron chi connectivity index (χ2n) is 13.4. The van der Waals surface area contributed by atoms with Gasteiger partial charge in [0.25, 0.3) is 0 Å². The number of likely N-dealkylation sites (N-methyl/N-ethyl adjacent to an activating group) is 1. The number of hydrogen-bond donors (Lipinski definition) is 2. The highest BCUT2D eigenvalue weighted by molar-refractivity contribution is 5.89. The Hall–Kier alpha value is -5.08. The number of amides is 2. The maximum absolute atomic E-state index is 13.3. The van der Waals surface area contributed by atoms with Crippen LogP contribution in [0.1, 0.15) is 66.2 Å². The van der Waals surface area contributed by atoms with E-state index in [2.05, 4.69) is 16.3 Å². The van der Waals surface area contributed by atoms with E-state index < -0.39 is 66.2 Å². The first-order chi connectivity index (χ1) is 24.5. The van der Waals surface area contributed by atoms with Crippen LogP contribution in [0, 0.1) is 25.2 Å². The summed E-state index contributed by atoms with van der Waals surface area (Å²) in [5.74, 6) is -2.92. The second kappa shape index (κ2) is 13.5. The molecule has 6 rings (SSSR count). The Kier molecular flexibility index (Phi) is 9.51. The van der Waals surface area contributed by atoms with E-state index in [1.165, 1.54) is 21.0 Å². The van der Waals surface area contributed by atoms with Gasteiger partial charge in [-0.2, -0.15) is 18.4 Å². The number of nitrogens with zero attached hydrogens (tertiary/aromatic N) is 3. The van der Waals surface area contributed by atoms with Gasteiger partial charge in [-0.3, -0.25) is 29.0 Å². The normalized spacial score (nSPS) is 23.6. The van der Waals surface area contributed by atoms with Crippen LogP contribution in [0.15, 0.2) is 6.07 Å². The predicted octanol–water partition coefficient (Wildman–Crippen LogP) is 2.85. The SMILES string of the molecule is COc1c(C)cc2c(c1OC(C)=O)[C@@H]1C3Cc4c(OC(C)=O)c(C)c5c(c4[C@H](CNC(=O)[C@@H](C)NC(=O)C(F)(F)F)N3[C@@H](C#N)[C@H](C2)N1C)OCO5. The van der Waals surface area contributed by atoms with Gasteiger partial charge < -0.3 is 34.3 Å². The molecule has 0 aliphatic carbocycles. The molecule has 2 aromatic rings. The third kappa shape index (κ3) is 6.03. The molecule has 2 amide bonds. The number of carbonyl (C=O) groups is 4. The van der Waals surface area contributed by atoms with Gasteiger partial charge in [0.15, 0.2) is 23.0 Å². The average Bonchev–Trinajstić information content (AvgIpc) is 3.55. The molecule has 0 radical (unpaired) electrons. The molecule has 1 saturated heterocycles. The summed E-state index contributed by atoms with van der Waals surface area (Å²) >= 11 is 0. The van der Waals surface area contributed by atoms with Crippen LogP contribution in [0.25, 0.3) is 0 Å². The second-order valence-corrected chi connectivity index (χ2v) is 13.4. The number of hydrogen-bond acceptors (Lipinski definition) is 12. The highest BCUT2D eigenvalue weighted by Gasteiger charge is 2.57. The van der Waals surface area contributed by atoms with E-state index in [1.807, 2.05) is 24.9 Å². The van der Waals surface area contributed by atoms with E-state index >= 15 is 0 Å². The van der Waals surface area contributed by atoms with Crippen LogP contribution in [0.4, 0.5) is 13.2 Å². The molecule has 0 spiro atoms. The molecule has 0 aromatic heterocycles. The minimum absolute atomic E-state index is 0.164. The monoisotopic (exact) mass is 729 g/mol. The molecule has 1 unspecified atom stereocenters. The van der Waals surface area contributed by atoms with Crippen molar-refractivity contribution in [2.75, 3.05) is 27.5 Å². The van der Waals surface area contributed by atoms with E-state index in [-0.39, 0.29) is 31.3 Å². The lowest BCUT2D eigenvalue weighted by atomic mass is 9.71. The topological polar surface area (TPSA) is 169 Å².